The smallest absolute Gasteiger partial charge is 0.409 e. The van der Waals surface area contributed by atoms with Gasteiger partial charge in [0.2, 0.25) is 0 Å². The van der Waals surface area contributed by atoms with Crippen molar-refractivity contribution in [2.75, 3.05) is 39.3 Å². The van der Waals surface area contributed by atoms with Crippen molar-refractivity contribution < 1.29 is 14.6 Å². The summed E-state index contributed by atoms with van der Waals surface area (Å²) in [5, 5.41) is 13.6. The maximum absolute atomic E-state index is 11.7. The fourth-order valence-corrected chi connectivity index (χ4v) is 3.95. The number of aliphatic hydroxyl groups is 1. The van der Waals surface area contributed by atoms with E-state index in [1.807, 2.05) is 6.92 Å². The number of amides is 1. The van der Waals surface area contributed by atoms with Gasteiger partial charge in [0.05, 0.1) is 19.3 Å². The highest BCUT2D eigenvalue weighted by molar-refractivity contribution is 5.78. The van der Waals surface area contributed by atoms with Gasteiger partial charge in [0, 0.05) is 38.8 Å². The fraction of sp³-hybridized carbons (Fsp3) is 0.619. The van der Waals surface area contributed by atoms with Crippen molar-refractivity contribution in [3.8, 4) is 0 Å². The molecule has 8 heteroatoms. The molecule has 2 aliphatic rings. The lowest BCUT2D eigenvalue weighted by atomic mass is 10.00. The van der Waals surface area contributed by atoms with Gasteiger partial charge in [-0.1, -0.05) is 24.3 Å². The van der Waals surface area contributed by atoms with Gasteiger partial charge in [-0.15, -0.1) is 0 Å². The van der Waals surface area contributed by atoms with E-state index in [0.717, 1.165) is 32.4 Å². The molecule has 1 aromatic carbocycles. The van der Waals surface area contributed by atoms with Gasteiger partial charge in [0.15, 0.2) is 5.96 Å². The molecule has 1 atom stereocenters. The van der Waals surface area contributed by atoms with Gasteiger partial charge >= 0.3 is 6.09 Å². The molecule has 0 radical (unpaired) electrons. The third-order valence-electron chi connectivity index (χ3n) is 5.52. The first-order chi connectivity index (χ1) is 14.0. The van der Waals surface area contributed by atoms with Crippen LogP contribution in [0.3, 0.4) is 0 Å². The average Bonchev–Trinajstić information content (AvgIpc) is 2.73. The molecule has 1 amide bonds. The third kappa shape index (κ3) is 6.33. The molecule has 1 unspecified atom stereocenters. The van der Waals surface area contributed by atoms with Crippen molar-refractivity contribution >= 4 is 12.1 Å². The summed E-state index contributed by atoms with van der Waals surface area (Å²) in [4.78, 5) is 20.0. The van der Waals surface area contributed by atoms with Crippen LogP contribution in [0.1, 0.15) is 30.9 Å². The molecule has 0 aliphatic carbocycles. The molecule has 1 fully saturated rings. The number of likely N-dealkylation sites (tertiary alicyclic amines) is 1. The van der Waals surface area contributed by atoms with Crippen LogP contribution >= 0.6 is 0 Å². The molecule has 2 heterocycles. The molecular weight excluding hydrogens is 370 g/mol. The summed E-state index contributed by atoms with van der Waals surface area (Å²) in [5.74, 6) is 0.350. The summed E-state index contributed by atoms with van der Waals surface area (Å²) in [6.45, 7) is 6.16. The Balaban J connectivity index is 1.37. The van der Waals surface area contributed by atoms with Gasteiger partial charge in [-0.2, -0.15) is 0 Å². The van der Waals surface area contributed by atoms with Crippen molar-refractivity contribution in [1.82, 2.24) is 15.1 Å². The predicted octanol–water partition coefficient (Wildman–Crippen LogP) is 0.931. The molecule has 2 aliphatic heterocycles. The molecule has 4 N–H and O–H groups in total. The van der Waals surface area contributed by atoms with Crippen LogP contribution in [0.2, 0.25) is 0 Å². The number of benzene rings is 1. The number of fused-ring (bicyclic) bond motifs is 1. The number of carbonyl (C=O) groups is 1. The van der Waals surface area contributed by atoms with E-state index in [9.17, 15) is 9.90 Å². The fourth-order valence-electron chi connectivity index (χ4n) is 3.95. The second-order valence-corrected chi connectivity index (χ2v) is 7.74. The van der Waals surface area contributed by atoms with Gasteiger partial charge in [0.25, 0.3) is 0 Å². The number of aliphatic hydroxyl groups excluding tert-OH is 1. The quantitative estimate of drug-likeness (QED) is 0.482. The Kier molecular flexibility index (Phi) is 7.71. The molecule has 1 saturated heterocycles. The third-order valence-corrected chi connectivity index (χ3v) is 5.52. The van der Waals surface area contributed by atoms with Crippen LogP contribution in [-0.4, -0.2) is 78.4 Å². The van der Waals surface area contributed by atoms with Crippen molar-refractivity contribution in [3.63, 3.8) is 0 Å². The zero-order valence-electron chi connectivity index (χ0n) is 17.2. The van der Waals surface area contributed by atoms with Crippen LogP contribution in [-0.2, 0) is 17.7 Å². The molecule has 1 aromatic rings. The van der Waals surface area contributed by atoms with E-state index >= 15 is 0 Å². The molecule has 0 spiro atoms. The van der Waals surface area contributed by atoms with Crippen LogP contribution in [0.5, 0.6) is 0 Å². The van der Waals surface area contributed by atoms with Crippen molar-refractivity contribution in [2.45, 2.75) is 44.9 Å². The number of guanidine groups is 1. The van der Waals surface area contributed by atoms with E-state index in [4.69, 9.17) is 10.5 Å². The number of nitrogens with two attached hydrogens (primary N) is 1. The van der Waals surface area contributed by atoms with Crippen LogP contribution < -0.4 is 11.1 Å². The van der Waals surface area contributed by atoms with E-state index in [-0.39, 0.29) is 18.7 Å². The van der Waals surface area contributed by atoms with Gasteiger partial charge < -0.3 is 25.8 Å². The Morgan fingerprint density at radius 2 is 2.03 bits per heavy atom. The first-order valence-electron chi connectivity index (χ1n) is 10.5. The lowest BCUT2D eigenvalue weighted by Crippen LogP contribution is -2.48. The predicted molar refractivity (Wildman–Crippen MR) is 113 cm³/mol. The number of ether oxygens (including phenoxy) is 1. The Morgan fingerprint density at radius 3 is 2.76 bits per heavy atom. The molecule has 0 aromatic heterocycles. The number of hydrogen-bond donors (Lipinski definition) is 3. The summed E-state index contributed by atoms with van der Waals surface area (Å²) in [5.41, 5.74) is 8.74. The standard InChI is InChI=1S/C21H33N5O3/c1-2-29-21(28)26-11-8-18(9-12-26)24-20(22)23-13-19(27)15-25-10-7-16-5-3-4-6-17(16)14-25/h3-6,18-19,27H,2,7-15H2,1H3,(H3,22,23,24). The van der Waals surface area contributed by atoms with Gasteiger partial charge in [-0.3, -0.25) is 9.89 Å². The Labute approximate surface area is 172 Å². The summed E-state index contributed by atoms with van der Waals surface area (Å²) in [7, 11) is 0. The highest BCUT2D eigenvalue weighted by atomic mass is 16.6. The second kappa shape index (κ2) is 10.5. The zero-order valence-corrected chi connectivity index (χ0v) is 17.2. The highest BCUT2D eigenvalue weighted by Gasteiger charge is 2.24. The molecular formula is C21H33N5O3. The number of β-amino-alcohol motifs (C(OH)–C–C–N with tert-alkyl or cyclic N) is 1. The average molecular weight is 404 g/mol. The number of hydrogen-bond acceptors (Lipinski definition) is 5. The Hall–Kier alpha value is -2.32. The number of nitrogens with zero attached hydrogens (tertiary/aromatic N) is 3. The van der Waals surface area contributed by atoms with Gasteiger partial charge in [-0.25, -0.2) is 4.79 Å². The minimum Gasteiger partial charge on any atom is -0.450 e. The maximum Gasteiger partial charge on any atom is 0.409 e. The van der Waals surface area contributed by atoms with Crippen molar-refractivity contribution in [2.24, 2.45) is 10.7 Å². The number of carbonyl (C=O) groups excluding carboxylic acids is 1. The van der Waals surface area contributed by atoms with E-state index in [0.29, 0.717) is 32.2 Å². The molecule has 8 nitrogen and oxygen atoms in total. The van der Waals surface area contributed by atoms with Crippen molar-refractivity contribution in [3.05, 3.63) is 35.4 Å². The molecule has 3 rings (SSSR count). The van der Waals surface area contributed by atoms with Gasteiger partial charge in [0.1, 0.15) is 0 Å². The monoisotopic (exact) mass is 403 g/mol. The van der Waals surface area contributed by atoms with Crippen LogP contribution in [0.4, 0.5) is 4.79 Å². The zero-order chi connectivity index (χ0) is 20.6. The number of nitrogens with one attached hydrogen (secondary N) is 1. The SMILES string of the molecule is CCOC(=O)N1CCC(NC(N)=NCC(O)CN2CCc3ccccc3C2)CC1. The first kappa shape index (κ1) is 21.4. The number of rotatable bonds is 6. The summed E-state index contributed by atoms with van der Waals surface area (Å²) in [6, 6.07) is 8.65. The largest absolute Gasteiger partial charge is 0.450 e. The van der Waals surface area contributed by atoms with E-state index in [2.05, 4.69) is 39.5 Å². The second-order valence-electron chi connectivity index (χ2n) is 7.74. The Bertz CT molecular complexity index is 703. The highest BCUT2D eigenvalue weighted by Crippen LogP contribution is 2.18. The van der Waals surface area contributed by atoms with Crippen LogP contribution in [0, 0.1) is 0 Å². The summed E-state index contributed by atoms with van der Waals surface area (Å²) < 4.78 is 5.03. The maximum atomic E-state index is 11.7. The number of aliphatic imine (C=N–C) groups is 1. The molecule has 29 heavy (non-hydrogen) atoms. The van der Waals surface area contributed by atoms with Gasteiger partial charge in [-0.05, 0) is 37.3 Å². The summed E-state index contributed by atoms with van der Waals surface area (Å²) >= 11 is 0. The van der Waals surface area contributed by atoms with Crippen LogP contribution in [0.15, 0.2) is 29.3 Å². The molecule has 0 bridgehead atoms. The normalized spacial score (nSPS) is 19.5. The van der Waals surface area contributed by atoms with Crippen LogP contribution in [0.25, 0.3) is 0 Å². The lowest BCUT2D eigenvalue weighted by molar-refractivity contribution is 0.0962. The Morgan fingerprint density at radius 1 is 1.31 bits per heavy atom. The topological polar surface area (TPSA) is 103 Å². The van der Waals surface area contributed by atoms with Crippen molar-refractivity contribution in [1.29, 1.82) is 0 Å². The molecule has 0 saturated carbocycles. The minimum atomic E-state index is -0.550. The van der Waals surface area contributed by atoms with E-state index < -0.39 is 6.10 Å². The lowest BCUT2D eigenvalue weighted by Gasteiger charge is -2.32. The van der Waals surface area contributed by atoms with E-state index in [1.54, 1.807) is 4.90 Å². The summed E-state index contributed by atoms with van der Waals surface area (Å²) in [6.07, 6.45) is 1.80. The molecule has 160 valence electrons. The minimum absolute atomic E-state index is 0.181. The van der Waals surface area contributed by atoms with E-state index in [1.165, 1.54) is 11.1 Å². The number of piperidine rings is 1. The first-order valence-corrected chi connectivity index (χ1v) is 10.5.